The van der Waals surface area contributed by atoms with Crippen LogP contribution in [0.15, 0.2) is 0 Å². The van der Waals surface area contributed by atoms with E-state index in [0.717, 1.165) is 0 Å². The lowest BCUT2D eigenvalue weighted by atomic mass is 9.66. The van der Waals surface area contributed by atoms with Crippen LogP contribution in [-0.4, -0.2) is 70.7 Å². The number of hydrogen-bond acceptors (Lipinski definition) is 5. The number of nitrogens with zero attached hydrogens (tertiary/aromatic N) is 1. The normalized spacial score (nSPS) is 39.3. The molecule has 146 valence electrons. The third-order valence-electron chi connectivity index (χ3n) is 6.16. The molecule has 0 saturated carbocycles. The van der Waals surface area contributed by atoms with E-state index in [1.54, 1.807) is 14.0 Å². The number of hydrogen-bond donors (Lipinski definition) is 3. The molecule has 3 saturated heterocycles. The predicted molar refractivity (Wildman–Crippen MR) is 93.0 cm³/mol. The van der Waals surface area contributed by atoms with Gasteiger partial charge in [0, 0.05) is 13.1 Å². The van der Waals surface area contributed by atoms with Gasteiger partial charge in [0.15, 0.2) is 0 Å². The fourth-order valence-corrected chi connectivity index (χ4v) is 5.15. The molecule has 3 amide bonds. The molecule has 3 aliphatic rings. The van der Waals surface area contributed by atoms with Crippen molar-refractivity contribution >= 4 is 17.7 Å². The van der Waals surface area contributed by atoms with Crippen LogP contribution in [-0.2, 0) is 19.1 Å². The zero-order chi connectivity index (χ0) is 19.4. The predicted octanol–water partition coefficient (Wildman–Crippen LogP) is -0.597. The van der Waals surface area contributed by atoms with E-state index in [4.69, 9.17) is 4.74 Å². The molecule has 3 aliphatic heterocycles. The van der Waals surface area contributed by atoms with Crippen LogP contribution in [0.1, 0.15) is 40.5 Å². The smallest absolute Gasteiger partial charge is 0.246 e. The second-order valence-electron chi connectivity index (χ2n) is 8.28. The second-order valence-corrected chi connectivity index (χ2v) is 8.28. The van der Waals surface area contributed by atoms with Crippen LogP contribution in [0.3, 0.4) is 0 Å². The summed E-state index contributed by atoms with van der Waals surface area (Å²) in [6.07, 6.45) is 1.15. The molecule has 0 radical (unpaired) electrons. The van der Waals surface area contributed by atoms with E-state index in [2.05, 4.69) is 10.6 Å². The van der Waals surface area contributed by atoms with E-state index in [9.17, 15) is 19.5 Å². The monoisotopic (exact) mass is 367 g/mol. The highest BCUT2D eigenvalue weighted by Gasteiger charge is 2.78. The van der Waals surface area contributed by atoms with E-state index in [1.165, 1.54) is 4.90 Å². The fourth-order valence-electron chi connectivity index (χ4n) is 5.15. The van der Waals surface area contributed by atoms with Gasteiger partial charge in [0.2, 0.25) is 17.7 Å². The zero-order valence-corrected chi connectivity index (χ0v) is 16.0. The van der Waals surface area contributed by atoms with Gasteiger partial charge in [-0.15, -0.1) is 0 Å². The molecule has 3 N–H and O–H groups in total. The molecule has 8 nitrogen and oxygen atoms in total. The Morgan fingerprint density at radius 3 is 2.50 bits per heavy atom. The first-order valence-electron chi connectivity index (χ1n) is 9.28. The molecular weight excluding hydrogens is 338 g/mol. The SMILES string of the molecule is CNC(=O)[C@H]1[C@H]2C(=O)N([C@H](C)CO)C(C(=O)NC(C)C)C23CC[C@]1(C)O3. The average Bonchev–Trinajstić information content (AvgIpc) is 3.14. The van der Waals surface area contributed by atoms with Gasteiger partial charge in [-0.2, -0.15) is 0 Å². The van der Waals surface area contributed by atoms with Crippen LogP contribution in [0, 0.1) is 11.8 Å². The number of nitrogens with one attached hydrogen (secondary N) is 2. The minimum atomic E-state index is -1.02. The number of amides is 3. The highest BCUT2D eigenvalue weighted by molar-refractivity contribution is 5.99. The number of carbonyl (C=O) groups is 3. The molecule has 1 spiro atoms. The number of likely N-dealkylation sites (tertiary alicyclic amines) is 1. The molecule has 0 aromatic heterocycles. The summed E-state index contributed by atoms with van der Waals surface area (Å²) in [5, 5.41) is 15.2. The number of carbonyl (C=O) groups excluding carboxylic acids is 3. The largest absolute Gasteiger partial charge is 0.394 e. The zero-order valence-electron chi connectivity index (χ0n) is 16.0. The summed E-state index contributed by atoms with van der Waals surface area (Å²) in [4.78, 5) is 40.4. The van der Waals surface area contributed by atoms with Gasteiger partial charge in [-0.05, 0) is 40.5 Å². The van der Waals surface area contributed by atoms with Crippen LogP contribution >= 0.6 is 0 Å². The summed E-state index contributed by atoms with van der Waals surface area (Å²) >= 11 is 0. The first-order valence-corrected chi connectivity index (χ1v) is 9.28. The maximum Gasteiger partial charge on any atom is 0.246 e. The summed E-state index contributed by atoms with van der Waals surface area (Å²) in [6.45, 7) is 7.00. The first kappa shape index (κ1) is 19.1. The number of rotatable bonds is 5. The van der Waals surface area contributed by atoms with E-state index in [0.29, 0.717) is 12.8 Å². The van der Waals surface area contributed by atoms with Crippen molar-refractivity contribution < 1.29 is 24.2 Å². The Labute approximate surface area is 153 Å². The summed E-state index contributed by atoms with van der Waals surface area (Å²) in [5.41, 5.74) is -1.78. The standard InChI is InChI=1S/C18H29N3O5/c1-9(2)20-15(24)13-18-7-6-17(4,26-18)11(14(23)19-5)12(18)16(25)21(13)10(3)8-22/h9-13,22H,6-8H2,1-5H3,(H,19,23)(H,20,24)/t10-,11-,12+,13?,17+,18?/m1/s1. The van der Waals surface area contributed by atoms with Gasteiger partial charge in [0.25, 0.3) is 0 Å². The van der Waals surface area contributed by atoms with Gasteiger partial charge < -0.3 is 25.4 Å². The Morgan fingerprint density at radius 2 is 1.96 bits per heavy atom. The van der Waals surface area contributed by atoms with Crippen LogP contribution in [0.4, 0.5) is 0 Å². The molecule has 3 heterocycles. The molecule has 6 atom stereocenters. The molecule has 3 fully saturated rings. The Morgan fingerprint density at radius 1 is 1.31 bits per heavy atom. The minimum Gasteiger partial charge on any atom is -0.394 e. The summed E-state index contributed by atoms with van der Waals surface area (Å²) in [7, 11) is 1.54. The summed E-state index contributed by atoms with van der Waals surface area (Å²) < 4.78 is 6.35. The van der Waals surface area contributed by atoms with Gasteiger partial charge in [-0.1, -0.05) is 0 Å². The van der Waals surface area contributed by atoms with Crippen molar-refractivity contribution in [2.24, 2.45) is 11.8 Å². The highest BCUT2D eigenvalue weighted by atomic mass is 16.5. The van der Waals surface area contributed by atoms with Gasteiger partial charge in [-0.25, -0.2) is 0 Å². The molecule has 0 aliphatic carbocycles. The molecule has 2 unspecified atom stereocenters. The van der Waals surface area contributed by atoms with Crippen molar-refractivity contribution in [3.63, 3.8) is 0 Å². The molecule has 3 rings (SSSR count). The van der Waals surface area contributed by atoms with E-state index >= 15 is 0 Å². The third kappa shape index (κ3) is 2.38. The van der Waals surface area contributed by atoms with Gasteiger partial charge in [-0.3, -0.25) is 14.4 Å². The second kappa shape index (κ2) is 6.20. The molecular formula is C18H29N3O5. The topological polar surface area (TPSA) is 108 Å². The van der Waals surface area contributed by atoms with Crippen LogP contribution < -0.4 is 10.6 Å². The molecule has 2 bridgehead atoms. The Hall–Kier alpha value is -1.67. The Bertz CT molecular complexity index is 638. The van der Waals surface area contributed by atoms with Gasteiger partial charge in [0.05, 0.1) is 30.1 Å². The summed E-state index contributed by atoms with van der Waals surface area (Å²) in [5.74, 6) is -2.17. The number of aliphatic hydroxyl groups is 1. The minimum absolute atomic E-state index is 0.0942. The van der Waals surface area contributed by atoms with Crippen molar-refractivity contribution in [1.29, 1.82) is 0 Å². The molecule has 26 heavy (non-hydrogen) atoms. The number of ether oxygens (including phenoxy) is 1. The van der Waals surface area contributed by atoms with Crippen LogP contribution in [0.2, 0.25) is 0 Å². The summed E-state index contributed by atoms with van der Waals surface area (Å²) in [6, 6.07) is -1.48. The highest BCUT2D eigenvalue weighted by Crippen LogP contribution is 2.63. The Balaban J connectivity index is 2.09. The lowest BCUT2D eigenvalue weighted by molar-refractivity contribution is -0.149. The van der Waals surface area contributed by atoms with Crippen molar-refractivity contribution in [2.45, 2.75) is 69.9 Å². The van der Waals surface area contributed by atoms with Crippen molar-refractivity contribution in [2.75, 3.05) is 13.7 Å². The molecule has 0 aromatic rings. The number of fused-ring (bicyclic) bond motifs is 1. The fraction of sp³-hybridized carbons (Fsp3) is 0.833. The number of aliphatic hydroxyl groups excluding tert-OH is 1. The van der Waals surface area contributed by atoms with Crippen LogP contribution in [0.5, 0.6) is 0 Å². The average molecular weight is 367 g/mol. The van der Waals surface area contributed by atoms with Crippen LogP contribution in [0.25, 0.3) is 0 Å². The quantitative estimate of drug-likeness (QED) is 0.602. The maximum absolute atomic E-state index is 13.3. The lowest BCUT2D eigenvalue weighted by Gasteiger charge is -2.36. The van der Waals surface area contributed by atoms with Crippen molar-refractivity contribution in [1.82, 2.24) is 15.5 Å². The van der Waals surface area contributed by atoms with E-state index < -0.39 is 35.1 Å². The van der Waals surface area contributed by atoms with Crippen molar-refractivity contribution in [3.05, 3.63) is 0 Å². The maximum atomic E-state index is 13.3. The van der Waals surface area contributed by atoms with E-state index in [1.807, 2.05) is 20.8 Å². The lowest BCUT2D eigenvalue weighted by Crippen LogP contribution is -2.58. The molecule has 8 heteroatoms. The van der Waals surface area contributed by atoms with Gasteiger partial charge >= 0.3 is 0 Å². The van der Waals surface area contributed by atoms with E-state index in [-0.39, 0.29) is 30.4 Å². The third-order valence-corrected chi connectivity index (χ3v) is 6.16. The molecule has 0 aromatic carbocycles. The van der Waals surface area contributed by atoms with Gasteiger partial charge in [0.1, 0.15) is 11.6 Å². The Kier molecular flexibility index (Phi) is 4.55. The van der Waals surface area contributed by atoms with Crippen molar-refractivity contribution in [3.8, 4) is 0 Å². The first-order chi connectivity index (χ1) is 12.1.